The number of ketones is 1. The summed E-state index contributed by atoms with van der Waals surface area (Å²) in [4.78, 5) is 23.0. The van der Waals surface area contributed by atoms with Crippen molar-refractivity contribution in [1.29, 1.82) is 0 Å². The number of oxazole rings is 1. The van der Waals surface area contributed by atoms with Crippen molar-refractivity contribution >= 4 is 16.9 Å². The van der Waals surface area contributed by atoms with Crippen LogP contribution >= 0.6 is 0 Å². The summed E-state index contributed by atoms with van der Waals surface area (Å²) in [6.07, 6.45) is 0.559. The molecule has 1 aliphatic rings. The Morgan fingerprint density at radius 2 is 2.12 bits per heavy atom. The van der Waals surface area contributed by atoms with Crippen molar-refractivity contribution in [2.45, 2.75) is 6.42 Å². The van der Waals surface area contributed by atoms with Crippen molar-refractivity contribution in [2.75, 3.05) is 0 Å². The number of aromatic nitrogens is 1. The molecule has 3 rings (SSSR count). The first kappa shape index (κ1) is 9.15. The van der Waals surface area contributed by atoms with Gasteiger partial charge in [-0.1, -0.05) is 6.58 Å². The van der Waals surface area contributed by atoms with Gasteiger partial charge in [0, 0.05) is 19.0 Å². The molecular weight excluding hydrogens is 206 g/mol. The Hall–Kier alpha value is -2.10. The number of fused-ring (bicyclic) bond motifs is 2. The van der Waals surface area contributed by atoms with Gasteiger partial charge in [-0.05, 0) is 23.3 Å². The third-order valence-electron chi connectivity index (χ3n) is 2.99. The predicted octanol–water partition coefficient (Wildman–Crippen LogP) is 1.43. The van der Waals surface area contributed by atoms with Gasteiger partial charge >= 0.3 is 5.76 Å². The molecule has 16 heavy (non-hydrogen) atoms. The highest BCUT2D eigenvalue weighted by Crippen LogP contribution is 2.28. The number of hydrogen-bond donors (Lipinski definition) is 0. The first-order valence-electron chi connectivity index (χ1n) is 4.93. The average Bonchev–Trinajstić information content (AvgIpc) is 2.67. The molecule has 0 saturated heterocycles. The molecule has 4 heteroatoms. The highest BCUT2D eigenvalue weighted by atomic mass is 16.4. The first-order valence-corrected chi connectivity index (χ1v) is 4.93. The molecule has 1 heterocycles. The largest absolute Gasteiger partial charge is 0.419 e. The molecule has 0 aliphatic heterocycles. The molecule has 0 amide bonds. The van der Waals surface area contributed by atoms with Gasteiger partial charge in [0.2, 0.25) is 0 Å². The summed E-state index contributed by atoms with van der Waals surface area (Å²) in [6.45, 7) is 3.72. The Morgan fingerprint density at radius 1 is 1.38 bits per heavy atom. The summed E-state index contributed by atoms with van der Waals surface area (Å²) in [5, 5.41) is 0. The third kappa shape index (κ3) is 0.984. The molecule has 0 N–H and O–H groups in total. The van der Waals surface area contributed by atoms with Crippen molar-refractivity contribution in [1.82, 2.24) is 4.57 Å². The minimum atomic E-state index is -0.412. The summed E-state index contributed by atoms with van der Waals surface area (Å²) >= 11 is 0. The lowest BCUT2D eigenvalue weighted by Gasteiger charge is -1.97. The molecule has 0 unspecified atom stereocenters. The van der Waals surface area contributed by atoms with Crippen LogP contribution in [-0.2, 0) is 13.5 Å². The molecule has 0 radical (unpaired) electrons. The molecule has 1 aliphatic carbocycles. The van der Waals surface area contributed by atoms with Gasteiger partial charge in [-0.15, -0.1) is 0 Å². The Morgan fingerprint density at radius 3 is 2.88 bits per heavy atom. The van der Waals surface area contributed by atoms with Crippen molar-refractivity contribution in [3.05, 3.63) is 46.0 Å². The summed E-state index contributed by atoms with van der Waals surface area (Å²) in [5.74, 6) is -0.464. The Labute approximate surface area is 90.8 Å². The Balaban J connectivity index is 2.42. The zero-order chi connectivity index (χ0) is 11.4. The molecular formula is C12H9NO3. The van der Waals surface area contributed by atoms with Gasteiger partial charge in [-0.2, -0.15) is 0 Å². The number of nitrogens with zero attached hydrogens (tertiary/aromatic N) is 1. The quantitative estimate of drug-likeness (QED) is 0.624. The maximum absolute atomic E-state index is 11.7. The Bertz CT molecular complexity index is 703. The summed E-state index contributed by atoms with van der Waals surface area (Å²) in [7, 11) is 1.64. The smallest absolute Gasteiger partial charge is 0.408 e. The fourth-order valence-corrected chi connectivity index (χ4v) is 2.07. The van der Waals surface area contributed by atoms with Crippen LogP contribution in [0.1, 0.15) is 15.9 Å². The van der Waals surface area contributed by atoms with Crippen molar-refractivity contribution < 1.29 is 9.21 Å². The van der Waals surface area contributed by atoms with Gasteiger partial charge < -0.3 is 4.42 Å². The average molecular weight is 215 g/mol. The summed E-state index contributed by atoms with van der Waals surface area (Å²) in [5.41, 5.74) is 3.28. The van der Waals surface area contributed by atoms with Crippen LogP contribution in [0.4, 0.5) is 0 Å². The second kappa shape index (κ2) is 2.72. The molecule has 2 aromatic rings. The monoisotopic (exact) mass is 215 g/mol. The second-order valence-electron chi connectivity index (χ2n) is 4.01. The number of Topliss-reactive ketones (excluding diaryl/α,β-unsaturated/α-hetero) is 1. The molecule has 0 bridgehead atoms. The van der Waals surface area contributed by atoms with E-state index in [1.54, 1.807) is 13.1 Å². The minimum Gasteiger partial charge on any atom is -0.408 e. The van der Waals surface area contributed by atoms with E-state index in [0.29, 0.717) is 28.7 Å². The number of aryl methyl sites for hydroxylation is 1. The lowest BCUT2D eigenvalue weighted by atomic mass is 10.1. The van der Waals surface area contributed by atoms with Crippen molar-refractivity contribution in [3.63, 3.8) is 0 Å². The van der Waals surface area contributed by atoms with Gasteiger partial charge in [0.05, 0.1) is 5.52 Å². The highest BCUT2D eigenvalue weighted by molar-refractivity contribution is 6.14. The molecule has 0 fully saturated rings. The highest BCUT2D eigenvalue weighted by Gasteiger charge is 2.25. The predicted molar refractivity (Wildman–Crippen MR) is 58.6 cm³/mol. The molecule has 1 aromatic heterocycles. The number of carbonyl (C=O) groups is 1. The van der Waals surface area contributed by atoms with E-state index >= 15 is 0 Å². The van der Waals surface area contributed by atoms with Crippen LogP contribution in [0.15, 0.2) is 33.5 Å². The van der Waals surface area contributed by atoms with E-state index < -0.39 is 5.76 Å². The molecule has 1 aromatic carbocycles. The maximum Gasteiger partial charge on any atom is 0.419 e. The van der Waals surface area contributed by atoms with Gasteiger partial charge in [0.15, 0.2) is 11.4 Å². The van der Waals surface area contributed by atoms with E-state index in [1.807, 2.05) is 6.07 Å². The van der Waals surface area contributed by atoms with E-state index in [1.165, 1.54) is 4.57 Å². The van der Waals surface area contributed by atoms with E-state index in [9.17, 15) is 9.59 Å². The minimum absolute atomic E-state index is 0.0524. The third-order valence-corrected chi connectivity index (χ3v) is 2.99. The van der Waals surface area contributed by atoms with Gasteiger partial charge in [0.1, 0.15) is 0 Å². The fourth-order valence-electron chi connectivity index (χ4n) is 2.07. The number of rotatable bonds is 0. The SMILES string of the molecule is C=C1Cc2cc3c(cc2C1=O)oc(=O)n3C. The van der Waals surface area contributed by atoms with Gasteiger partial charge in [-0.3, -0.25) is 9.36 Å². The normalized spacial score (nSPS) is 14.8. The molecule has 0 atom stereocenters. The summed E-state index contributed by atoms with van der Waals surface area (Å²) in [6, 6.07) is 3.46. The van der Waals surface area contributed by atoms with Crippen molar-refractivity contribution in [3.8, 4) is 0 Å². The number of hydrogen-bond acceptors (Lipinski definition) is 3. The van der Waals surface area contributed by atoms with Crippen LogP contribution in [-0.4, -0.2) is 10.4 Å². The molecule has 0 spiro atoms. The van der Waals surface area contributed by atoms with Crippen LogP contribution in [0, 0.1) is 0 Å². The van der Waals surface area contributed by atoms with E-state index in [0.717, 1.165) is 5.56 Å². The number of benzene rings is 1. The van der Waals surface area contributed by atoms with Crippen LogP contribution in [0.5, 0.6) is 0 Å². The molecule has 4 nitrogen and oxygen atoms in total. The van der Waals surface area contributed by atoms with E-state index in [4.69, 9.17) is 4.42 Å². The van der Waals surface area contributed by atoms with E-state index in [2.05, 4.69) is 6.58 Å². The van der Waals surface area contributed by atoms with Crippen LogP contribution in [0.2, 0.25) is 0 Å². The lowest BCUT2D eigenvalue weighted by molar-refractivity contribution is 0.104. The zero-order valence-corrected chi connectivity index (χ0v) is 8.74. The Kier molecular flexibility index (Phi) is 1.56. The van der Waals surface area contributed by atoms with Crippen LogP contribution in [0.3, 0.4) is 0 Å². The molecule has 80 valence electrons. The van der Waals surface area contributed by atoms with Crippen molar-refractivity contribution in [2.24, 2.45) is 7.05 Å². The summed E-state index contributed by atoms with van der Waals surface area (Å²) < 4.78 is 6.46. The fraction of sp³-hybridized carbons (Fsp3) is 0.167. The van der Waals surface area contributed by atoms with Gasteiger partial charge in [0.25, 0.3) is 0 Å². The molecule has 0 saturated carbocycles. The van der Waals surface area contributed by atoms with Crippen LogP contribution < -0.4 is 5.76 Å². The topological polar surface area (TPSA) is 52.2 Å². The van der Waals surface area contributed by atoms with E-state index in [-0.39, 0.29) is 5.78 Å². The lowest BCUT2D eigenvalue weighted by Crippen LogP contribution is -2.08. The second-order valence-corrected chi connectivity index (χ2v) is 4.01. The first-order chi connectivity index (χ1) is 7.58. The standard InChI is InChI=1S/C12H9NO3/c1-6-3-7-4-9-10(5-8(7)11(6)14)16-12(15)13(9)2/h4-5H,1,3H2,2H3. The van der Waals surface area contributed by atoms with Gasteiger partial charge in [-0.25, -0.2) is 4.79 Å². The number of allylic oxidation sites excluding steroid dienone is 1. The number of carbonyl (C=O) groups excluding carboxylic acids is 1. The van der Waals surface area contributed by atoms with Crippen LogP contribution in [0.25, 0.3) is 11.1 Å². The zero-order valence-electron chi connectivity index (χ0n) is 8.74. The maximum atomic E-state index is 11.7.